The van der Waals surface area contributed by atoms with Crippen molar-refractivity contribution in [2.45, 2.75) is 63.3 Å². The molecule has 2 aromatic rings. The SMILES string of the molecule is CC(C)C[C@H](NC(=O)OCc1ccccc1)C(=O)N[C@@H](C[C@@H]1CCNC1=O)[C@](O)(S)C(=O)NCc1ccccc1. The Labute approximate surface area is 240 Å². The van der Waals surface area contributed by atoms with Gasteiger partial charge in [0.2, 0.25) is 16.7 Å². The third kappa shape index (κ3) is 9.27. The number of alkyl carbamates (subject to hydrolysis) is 1. The van der Waals surface area contributed by atoms with Crippen LogP contribution in [0.25, 0.3) is 0 Å². The van der Waals surface area contributed by atoms with Crippen LogP contribution >= 0.6 is 12.6 Å². The number of benzene rings is 2. The molecule has 4 atom stereocenters. The summed E-state index contributed by atoms with van der Waals surface area (Å²) in [6.45, 7) is 4.41. The summed E-state index contributed by atoms with van der Waals surface area (Å²) in [7, 11) is 0. The third-order valence-corrected chi connectivity index (χ3v) is 7.16. The van der Waals surface area contributed by atoms with E-state index >= 15 is 0 Å². The van der Waals surface area contributed by atoms with E-state index in [4.69, 9.17) is 4.74 Å². The van der Waals surface area contributed by atoms with Gasteiger partial charge in [0.05, 0.1) is 6.04 Å². The molecule has 3 rings (SSSR count). The van der Waals surface area contributed by atoms with Gasteiger partial charge in [-0.05, 0) is 36.3 Å². The maximum atomic E-state index is 13.4. The molecule has 0 radical (unpaired) electrons. The summed E-state index contributed by atoms with van der Waals surface area (Å²) in [6, 6.07) is 16.0. The Hall–Kier alpha value is -3.57. The zero-order valence-corrected chi connectivity index (χ0v) is 23.7. The molecule has 1 saturated heterocycles. The van der Waals surface area contributed by atoms with Gasteiger partial charge in [-0.3, -0.25) is 14.4 Å². The Morgan fingerprint density at radius 2 is 1.68 bits per heavy atom. The number of hydrogen-bond acceptors (Lipinski definition) is 7. The average Bonchev–Trinajstić information content (AvgIpc) is 3.34. The Morgan fingerprint density at radius 1 is 1.05 bits per heavy atom. The van der Waals surface area contributed by atoms with Crippen molar-refractivity contribution in [3.05, 3.63) is 71.8 Å². The maximum absolute atomic E-state index is 13.4. The number of hydrogen-bond donors (Lipinski definition) is 6. The number of carbonyl (C=O) groups excluding carboxylic acids is 4. The van der Waals surface area contributed by atoms with Gasteiger partial charge in [-0.25, -0.2) is 4.79 Å². The van der Waals surface area contributed by atoms with Crippen molar-refractivity contribution < 1.29 is 29.0 Å². The minimum atomic E-state index is -2.34. The lowest BCUT2D eigenvalue weighted by Gasteiger charge is -2.34. The highest BCUT2D eigenvalue weighted by Crippen LogP contribution is 2.26. The number of aliphatic hydroxyl groups is 1. The molecule has 0 spiro atoms. The predicted molar refractivity (Wildman–Crippen MR) is 153 cm³/mol. The van der Waals surface area contributed by atoms with E-state index < -0.39 is 40.8 Å². The van der Waals surface area contributed by atoms with E-state index in [1.54, 1.807) is 0 Å². The fourth-order valence-electron chi connectivity index (χ4n) is 4.43. The number of nitrogens with one attached hydrogen (secondary N) is 4. The van der Waals surface area contributed by atoms with Gasteiger partial charge in [0.15, 0.2) is 0 Å². The largest absolute Gasteiger partial charge is 0.445 e. The standard InChI is InChI=1S/C29H38N4O6S/c1-19(2)15-23(32-28(37)39-18-21-11-7-4-8-12-21)26(35)33-24(16-22-13-14-30-25(22)34)29(38,40)27(36)31-17-20-9-5-3-6-10-20/h3-12,19,22-24,38,40H,13-18H2,1-2H3,(H,30,34)(H,31,36)(H,32,37)(H,33,35)/t22-,23-,24-,29-/m0/s1. The van der Waals surface area contributed by atoms with Crippen LogP contribution in [0.5, 0.6) is 0 Å². The lowest BCUT2D eigenvalue weighted by Crippen LogP contribution is -2.61. The topological polar surface area (TPSA) is 146 Å². The van der Waals surface area contributed by atoms with Crippen LogP contribution < -0.4 is 21.3 Å². The summed E-state index contributed by atoms with van der Waals surface area (Å²) in [6.07, 6.45) is -0.0459. The Balaban J connectivity index is 1.72. The number of amides is 4. The molecular formula is C29H38N4O6S. The van der Waals surface area contributed by atoms with Gasteiger partial charge in [-0.1, -0.05) is 74.5 Å². The van der Waals surface area contributed by atoms with Crippen molar-refractivity contribution in [3.8, 4) is 0 Å². The molecule has 40 heavy (non-hydrogen) atoms. The second-order valence-corrected chi connectivity index (χ2v) is 11.0. The van der Waals surface area contributed by atoms with Gasteiger partial charge in [0.25, 0.3) is 5.91 Å². The van der Waals surface area contributed by atoms with Crippen LogP contribution in [0.3, 0.4) is 0 Å². The molecule has 10 nitrogen and oxygen atoms in total. The second-order valence-electron chi connectivity index (χ2n) is 10.4. The zero-order valence-electron chi connectivity index (χ0n) is 22.8. The highest BCUT2D eigenvalue weighted by atomic mass is 32.1. The Bertz CT molecular complexity index is 1150. The molecule has 5 N–H and O–H groups in total. The van der Waals surface area contributed by atoms with E-state index in [1.807, 2.05) is 74.5 Å². The molecule has 1 aliphatic rings. The van der Waals surface area contributed by atoms with Crippen molar-refractivity contribution in [2.24, 2.45) is 11.8 Å². The molecule has 2 aromatic carbocycles. The minimum Gasteiger partial charge on any atom is -0.445 e. The van der Waals surface area contributed by atoms with Crippen LogP contribution in [-0.2, 0) is 32.3 Å². The first kappa shape index (κ1) is 31.0. The van der Waals surface area contributed by atoms with Crippen LogP contribution in [-0.4, -0.2) is 52.5 Å². The first-order chi connectivity index (χ1) is 19.1. The number of rotatable bonds is 13. The van der Waals surface area contributed by atoms with Crippen LogP contribution in [0.1, 0.15) is 44.2 Å². The normalized spacial score (nSPS) is 17.7. The van der Waals surface area contributed by atoms with Gasteiger partial charge in [0.1, 0.15) is 12.6 Å². The average molecular weight is 571 g/mol. The first-order valence-electron chi connectivity index (χ1n) is 13.4. The summed E-state index contributed by atoms with van der Waals surface area (Å²) in [5, 5.41) is 21.9. The Morgan fingerprint density at radius 3 is 2.25 bits per heavy atom. The van der Waals surface area contributed by atoms with E-state index in [-0.39, 0.29) is 37.8 Å². The van der Waals surface area contributed by atoms with Crippen molar-refractivity contribution in [1.82, 2.24) is 21.3 Å². The molecule has 4 amide bonds. The van der Waals surface area contributed by atoms with Crippen molar-refractivity contribution in [2.75, 3.05) is 6.54 Å². The molecule has 0 aliphatic carbocycles. The summed E-state index contributed by atoms with van der Waals surface area (Å²) < 4.78 is 5.28. The van der Waals surface area contributed by atoms with Gasteiger partial charge >= 0.3 is 6.09 Å². The van der Waals surface area contributed by atoms with Crippen LogP contribution in [0, 0.1) is 11.8 Å². The molecule has 216 valence electrons. The van der Waals surface area contributed by atoms with E-state index in [0.717, 1.165) is 11.1 Å². The third-order valence-electron chi connectivity index (χ3n) is 6.64. The van der Waals surface area contributed by atoms with Crippen LogP contribution in [0.2, 0.25) is 0 Å². The fourth-order valence-corrected chi connectivity index (χ4v) is 4.68. The summed E-state index contributed by atoms with van der Waals surface area (Å²) in [4.78, 5) is 49.0. The van der Waals surface area contributed by atoms with Crippen molar-refractivity contribution in [1.29, 1.82) is 0 Å². The smallest absolute Gasteiger partial charge is 0.408 e. The van der Waals surface area contributed by atoms with Gasteiger partial charge in [-0.2, -0.15) is 0 Å². The van der Waals surface area contributed by atoms with E-state index in [1.165, 1.54) is 0 Å². The number of carbonyl (C=O) groups is 4. The minimum absolute atomic E-state index is 0.0216. The quantitative estimate of drug-likeness (QED) is 0.161. The highest BCUT2D eigenvalue weighted by molar-refractivity contribution is 7.82. The van der Waals surface area contributed by atoms with Crippen molar-refractivity contribution in [3.63, 3.8) is 0 Å². The molecule has 11 heteroatoms. The monoisotopic (exact) mass is 570 g/mol. The van der Waals surface area contributed by atoms with Gasteiger partial charge in [0, 0.05) is 19.0 Å². The van der Waals surface area contributed by atoms with E-state index in [0.29, 0.717) is 13.0 Å². The molecule has 0 bridgehead atoms. The van der Waals surface area contributed by atoms with Crippen LogP contribution in [0.4, 0.5) is 4.79 Å². The lowest BCUT2D eigenvalue weighted by molar-refractivity contribution is -0.137. The molecule has 1 fully saturated rings. The summed E-state index contributed by atoms with van der Waals surface area (Å²) >= 11 is 4.27. The van der Waals surface area contributed by atoms with Gasteiger partial charge < -0.3 is 31.1 Å². The predicted octanol–water partition coefficient (Wildman–Crippen LogP) is 2.27. The second kappa shape index (κ2) is 14.7. The molecule has 1 heterocycles. The first-order valence-corrected chi connectivity index (χ1v) is 13.8. The molecule has 0 saturated carbocycles. The Kier molecular flexibility index (Phi) is 11.4. The summed E-state index contributed by atoms with van der Waals surface area (Å²) in [5.74, 6) is -2.18. The van der Waals surface area contributed by atoms with Crippen molar-refractivity contribution >= 4 is 36.4 Å². The molecule has 0 unspecified atom stereocenters. The lowest BCUT2D eigenvalue weighted by atomic mass is 9.93. The van der Waals surface area contributed by atoms with Crippen LogP contribution in [0.15, 0.2) is 60.7 Å². The molecular weight excluding hydrogens is 532 g/mol. The number of thiol groups is 1. The highest BCUT2D eigenvalue weighted by Gasteiger charge is 2.45. The number of ether oxygens (including phenoxy) is 1. The molecule has 0 aromatic heterocycles. The van der Waals surface area contributed by atoms with Gasteiger partial charge in [-0.15, -0.1) is 12.6 Å². The maximum Gasteiger partial charge on any atom is 0.408 e. The zero-order chi connectivity index (χ0) is 29.1. The van der Waals surface area contributed by atoms with E-state index in [9.17, 15) is 24.3 Å². The van der Waals surface area contributed by atoms with E-state index in [2.05, 4.69) is 33.9 Å². The fraction of sp³-hybridized carbons (Fsp3) is 0.448. The molecule has 1 aliphatic heterocycles. The summed E-state index contributed by atoms with van der Waals surface area (Å²) in [5.41, 5.74) is 1.60.